The second-order valence-corrected chi connectivity index (χ2v) is 9.16. The van der Waals surface area contributed by atoms with Crippen LogP contribution in [0, 0.1) is 5.41 Å². The van der Waals surface area contributed by atoms with Gasteiger partial charge < -0.3 is 20.0 Å². The molecule has 1 heterocycles. The monoisotopic (exact) mass is 541 g/mol. The van der Waals surface area contributed by atoms with Gasteiger partial charge in [0.2, 0.25) is 5.91 Å². The normalized spacial score (nSPS) is 18.3. The maximum Gasteiger partial charge on any atom is 0.230 e. The Morgan fingerprint density at radius 1 is 1.03 bits per heavy atom. The quantitative estimate of drug-likeness (QED) is 0.337. The number of aliphatic imine (C=N–C) groups is 1. The van der Waals surface area contributed by atoms with Crippen LogP contribution < -0.4 is 10.2 Å². The van der Waals surface area contributed by atoms with Crippen LogP contribution in [0.25, 0.3) is 0 Å². The first kappa shape index (κ1) is 25.7. The molecule has 2 fully saturated rings. The highest BCUT2D eigenvalue weighted by molar-refractivity contribution is 14.0. The number of guanidine groups is 1. The summed E-state index contributed by atoms with van der Waals surface area (Å²) in [6.07, 6.45) is 8.10. The van der Waals surface area contributed by atoms with Gasteiger partial charge in [-0.3, -0.25) is 9.79 Å². The molecule has 1 saturated heterocycles. The fourth-order valence-electron chi connectivity index (χ4n) is 4.94. The van der Waals surface area contributed by atoms with Crippen LogP contribution in [0.2, 0.25) is 0 Å². The molecule has 0 aromatic heterocycles. The van der Waals surface area contributed by atoms with Gasteiger partial charge >= 0.3 is 0 Å². The highest BCUT2D eigenvalue weighted by Gasteiger charge is 2.42. The zero-order valence-corrected chi connectivity index (χ0v) is 22.0. The maximum absolute atomic E-state index is 12.8. The van der Waals surface area contributed by atoms with Crippen molar-refractivity contribution in [3.63, 3.8) is 0 Å². The summed E-state index contributed by atoms with van der Waals surface area (Å²) in [5.74, 6) is 1.08. The molecule has 0 spiro atoms. The molecule has 1 amide bonds. The van der Waals surface area contributed by atoms with E-state index in [2.05, 4.69) is 51.4 Å². The van der Waals surface area contributed by atoms with Crippen molar-refractivity contribution in [2.75, 3.05) is 52.7 Å². The highest BCUT2D eigenvalue weighted by atomic mass is 127. The van der Waals surface area contributed by atoms with Crippen LogP contribution in [-0.2, 0) is 11.3 Å². The van der Waals surface area contributed by atoms with Gasteiger partial charge in [0.1, 0.15) is 0 Å². The molecule has 7 heteroatoms. The Labute approximate surface area is 205 Å². The molecule has 0 unspecified atom stereocenters. The van der Waals surface area contributed by atoms with Crippen LogP contribution in [-0.4, -0.2) is 69.5 Å². The first-order valence-corrected chi connectivity index (χ1v) is 11.4. The Morgan fingerprint density at radius 2 is 1.65 bits per heavy atom. The standard InChI is InChI=1S/C24H39N5O.HI/c1-25-23(26-19-24(14-6-7-15-24)22(30)27(2)3)28(4)18-20-10-12-21(13-11-20)29-16-8-5-9-17-29;/h10-13H,5-9,14-19H2,1-4H3,(H,25,26);1H. The van der Waals surface area contributed by atoms with E-state index < -0.39 is 0 Å². The van der Waals surface area contributed by atoms with Gasteiger partial charge in [-0.2, -0.15) is 0 Å². The van der Waals surface area contributed by atoms with E-state index in [0.29, 0.717) is 6.54 Å². The number of carbonyl (C=O) groups is 1. The molecule has 6 nitrogen and oxygen atoms in total. The van der Waals surface area contributed by atoms with Crippen molar-refractivity contribution < 1.29 is 4.79 Å². The topological polar surface area (TPSA) is 51.2 Å². The fourth-order valence-corrected chi connectivity index (χ4v) is 4.94. The van der Waals surface area contributed by atoms with Crippen molar-refractivity contribution in [3.8, 4) is 0 Å². The Kier molecular flexibility index (Phi) is 9.90. The third kappa shape index (κ3) is 6.49. The summed E-state index contributed by atoms with van der Waals surface area (Å²) < 4.78 is 0. The zero-order chi connectivity index (χ0) is 21.6. The SMILES string of the molecule is CN=C(NCC1(C(=O)N(C)C)CCCC1)N(C)Cc1ccc(N2CCCCC2)cc1.I. The molecule has 31 heavy (non-hydrogen) atoms. The predicted molar refractivity (Wildman–Crippen MR) is 140 cm³/mol. The third-order valence-corrected chi connectivity index (χ3v) is 6.66. The average molecular weight is 542 g/mol. The molecule has 1 aromatic carbocycles. The van der Waals surface area contributed by atoms with Crippen molar-refractivity contribution in [1.82, 2.24) is 15.1 Å². The van der Waals surface area contributed by atoms with Crippen molar-refractivity contribution in [2.45, 2.75) is 51.5 Å². The molecule has 0 radical (unpaired) electrons. The van der Waals surface area contributed by atoms with E-state index in [4.69, 9.17) is 0 Å². The Morgan fingerprint density at radius 3 is 2.19 bits per heavy atom. The molecule has 1 aromatic rings. The lowest BCUT2D eigenvalue weighted by Gasteiger charge is -2.33. The number of hydrogen-bond donors (Lipinski definition) is 1. The summed E-state index contributed by atoms with van der Waals surface area (Å²) in [6, 6.07) is 8.94. The fraction of sp³-hybridized carbons (Fsp3) is 0.667. The van der Waals surface area contributed by atoms with Crippen LogP contribution in [0.3, 0.4) is 0 Å². The Bertz CT molecular complexity index is 722. The van der Waals surface area contributed by atoms with Gasteiger partial charge in [-0.1, -0.05) is 25.0 Å². The maximum atomic E-state index is 12.8. The highest BCUT2D eigenvalue weighted by Crippen LogP contribution is 2.39. The number of carbonyl (C=O) groups excluding carboxylic acids is 1. The van der Waals surface area contributed by atoms with Gasteiger partial charge in [0.15, 0.2) is 5.96 Å². The summed E-state index contributed by atoms with van der Waals surface area (Å²) in [7, 11) is 7.59. The summed E-state index contributed by atoms with van der Waals surface area (Å²) in [5.41, 5.74) is 2.30. The first-order chi connectivity index (χ1) is 14.4. The van der Waals surface area contributed by atoms with Gasteiger partial charge in [-0.25, -0.2) is 0 Å². The molecule has 174 valence electrons. The van der Waals surface area contributed by atoms with Crippen molar-refractivity contribution >= 4 is 41.5 Å². The van der Waals surface area contributed by atoms with Crippen molar-refractivity contribution in [2.24, 2.45) is 10.4 Å². The molecule has 3 rings (SSSR count). The molecular weight excluding hydrogens is 501 g/mol. The summed E-state index contributed by atoms with van der Waals surface area (Å²) in [5, 5.41) is 3.49. The number of piperidine rings is 1. The second kappa shape index (κ2) is 11.9. The number of nitrogens with zero attached hydrogens (tertiary/aromatic N) is 4. The number of nitrogens with one attached hydrogen (secondary N) is 1. The van der Waals surface area contributed by atoms with E-state index in [9.17, 15) is 4.79 Å². The van der Waals surface area contributed by atoms with E-state index in [1.54, 1.807) is 4.90 Å². The van der Waals surface area contributed by atoms with Gasteiger partial charge in [0.05, 0.1) is 5.41 Å². The third-order valence-electron chi connectivity index (χ3n) is 6.66. The Hall–Kier alpha value is -1.51. The van der Waals surface area contributed by atoms with Crippen molar-refractivity contribution in [3.05, 3.63) is 29.8 Å². The summed E-state index contributed by atoms with van der Waals surface area (Å²) in [4.78, 5) is 23.7. The van der Waals surface area contributed by atoms with Crippen LogP contribution >= 0.6 is 24.0 Å². The molecular formula is C24H40IN5O. The minimum Gasteiger partial charge on any atom is -0.372 e. The minimum absolute atomic E-state index is 0. The molecule has 0 atom stereocenters. The van der Waals surface area contributed by atoms with E-state index in [0.717, 1.165) is 38.2 Å². The molecule has 1 saturated carbocycles. The number of hydrogen-bond acceptors (Lipinski definition) is 3. The molecule has 1 N–H and O–H groups in total. The lowest BCUT2D eigenvalue weighted by atomic mass is 9.84. The van der Waals surface area contributed by atoms with Gasteiger partial charge in [-0.05, 0) is 49.8 Å². The molecule has 1 aliphatic carbocycles. The first-order valence-electron chi connectivity index (χ1n) is 11.4. The lowest BCUT2D eigenvalue weighted by Crippen LogP contribution is -2.49. The van der Waals surface area contributed by atoms with E-state index in [1.165, 1.54) is 43.6 Å². The smallest absolute Gasteiger partial charge is 0.230 e. The largest absolute Gasteiger partial charge is 0.372 e. The summed E-state index contributed by atoms with van der Waals surface area (Å²) in [6.45, 7) is 3.77. The van der Waals surface area contributed by atoms with E-state index in [1.807, 2.05) is 21.1 Å². The van der Waals surface area contributed by atoms with Crippen LogP contribution in [0.5, 0.6) is 0 Å². The van der Waals surface area contributed by atoms with Crippen LogP contribution in [0.15, 0.2) is 29.3 Å². The van der Waals surface area contributed by atoms with Gasteiger partial charge in [0.25, 0.3) is 0 Å². The van der Waals surface area contributed by atoms with Crippen LogP contribution in [0.1, 0.15) is 50.5 Å². The lowest BCUT2D eigenvalue weighted by molar-refractivity contribution is -0.138. The molecule has 2 aliphatic rings. The molecule has 1 aliphatic heterocycles. The number of amides is 1. The second-order valence-electron chi connectivity index (χ2n) is 9.16. The van der Waals surface area contributed by atoms with Gasteiger partial charge in [-0.15, -0.1) is 24.0 Å². The number of anilines is 1. The summed E-state index contributed by atoms with van der Waals surface area (Å²) >= 11 is 0. The Balaban J connectivity index is 0.00000341. The van der Waals surface area contributed by atoms with E-state index in [-0.39, 0.29) is 35.3 Å². The number of halogens is 1. The zero-order valence-electron chi connectivity index (χ0n) is 19.7. The number of rotatable bonds is 6. The minimum atomic E-state index is -0.295. The molecule has 0 bridgehead atoms. The number of benzene rings is 1. The van der Waals surface area contributed by atoms with Gasteiger partial charge in [0, 0.05) is 60.1 Å². The van der Waals surface area contributed by atoms with Crippen molar-refractivity contribution in [1.29, 1.82) is 0 Å². The van der Waals surface area contributed by atoms with Crippen LogP contribution in [0.4, 0.5) is 5.69 Å². The van der Waals surface area contributed by atoms with E-state index >= 15 is 0 Å². The average Bonchev–Trinajstić information content (AvgIpc) is 3.24. The predicted octanol–water partition coefficient (Wildman–Crippen LogP) is 3.95.